The molecule has 1 aromatic carbocycles. The molecule has 3 aliphatic carbocycles. The van der Waals surface area contributed by atoms with Gasteiger partial charge in [-0.2, -0.15) is 0 Å². The normalized spacial score (nSPS) is 36.9. The summed E-state index contributed by atoms with van der Waals surface area (Å²) < 4.78 is 41.8. The molecule has 11 atom stereocenters. The fraction of sp³-hybridized carbons (Fsp3) is 0.564. The van der Waals surface area contributed by atoms with Gasteiger partial charge in [0, 0.05) is 70.8 Å². The van der Waals surface area contributed by atoms with E-state index in [0.29, 0.717) is 5.56 Å². The largest absolute Gasteiger partial charge is 0.465 e. The molecule has 15 heteroatoms. The third-order valence-corrected chi connectivity index (χ3v) is 11.6. The molecule has 4 fully saturated rings. The maximum atomic E-state index is 14.2. The van der Waals surface area contributed by atoms with Crippen molar-refractivity contribution in [1.29, 1.82) is 0 Å². The summed E-state index contributed by atoms with van der Waals surface area (Å²) in [6.07, 6.45) is -6.20. The van der Waals surface area contributed by atoms with Crippen LogP contribution < -0.4 is 0 Å². The number of hydrogen-bond acceptors (Lipinski definition) is 15. The van der Waals surface area contributed by atoms with Gasteiger partial charge >= 0.3 is 35.8 Å². The van der Waals surface area contributed by atoms with E-state index in [2.05, 4.69) is 6.58 Å². The highest BCUT2D eigenvalue weighted by atomic mass is 16.6. The number of carbonyl (C=O) groups is 7. The molecule has 0 radical (unpaired) electrons. The van der Waals surface area contributed by atoms with Gasteiger partial charge < -0.3 is 38.3 Å². The van der Waals surface area contributed by atoms with Gasteiger partial charge in [-0.15, -0.1) is 0 Å². The number of aliphatic hydroxyl groups is 1. The number of carbonyl (C=O) groups excluding carboxylic acids is 7. The highest BCUT2D eigenvalue weighted by molar-refractivity contribution is 5.91. The van der Waals surface area contributed by atoms with Crippen LogP contribution in [0.2, 0.25) is 0 Å². The number of fused-ring (bicyclic) bond motifs is 1. The van der Waals surface area contributed by atoms with Gasteiger partial charge in [0.05, 0.1) is 12.0 Å². The monoisotopic (exact) mass is 754 g/mol. The molecule has 0 spiro atoms. The molecule has 1 N–H and O–H groups in total. The Balaban J connectivity index is 1.84. The minimum absolute atomic E-state index is 0.0470. The Morgan fingerprint density at radius 2 is 1.44 bits per heavy atom. The van der Waals surface area contributed by atoms with Crippen LogP contribution in [0.25, 0.3) is 6.08 Å². The molecule has 1 aliphatic heterocycles. The van der Waals surface area contributed by atoms with Crippen LogP contribution in [0.4, 0.5) is 0 Å². The predicted molar refractivity (Wildman–Crippen MR) is 184 cm³/mol. The van der Waals surface area contributed by atoms with Crippen molar-refractivity contribution in [2.45, 2.75) is 103 Å². The first kappa shape index (κ1) is 40.3. The van der Waals surface area contributed by atoms with E-state index in [1.54, 1.807) is 31.2 Å². The Morgan fingerprint density at radius 3 is 2.02 bits per heavy atom. The number of rotatable bonds is 9. The number of ketones is 1. The van der Waals surface area contributed by atoms with Crippen LogP contribution in [0.15, 0.2) is 48.6 Å². The van der Waals surface area contributed by atoms with Gasteiger partial charge in [-0.25, -0.2) is 4.79 Å². The first-order chi connectivity index (χ1) is 25.2. The smallest absolute Gasteiger partial charge is 0.331 e. The average molecular weight is 755 g/mol. The second kappa shape index (κ2) is 14.7. The zero-order valence-electron chi connectivity index (χ0n) is 31.3. The van der Waals surface area contributed by atoms with Crippen LogP contribution in [0.3, 0.4) is 0 Å². The third kappa shape index (κ3) is 6.61. The second-order valence-electron chi connectivity index (χ2n) is 14.8. The van der Waals surface area contributed by atoms with Crippen molar-refractivity contribution in [1.82, 2.24) is 0 Å². The first-order valence-corrected chi connectivity index (χ1v) is 17.6. The van der Waals surface area contributed by atoms with Gasteiger partial charge in [0.1, 0.15) is 30.5 Å². The van der Waals surface area contributed by atoms with E-state index in [4.69, 9.17) is 33.2 Å². The molecule has 4 bridgehead atoms. The number of ether oxygens (including phenoxy) is 7. The molecule has 3 saturated carbocycles. The second-order valence-corrected chi connectivity index (χ2v) is 14.8. The predicted octanol–water partition coefficient (Wildman–Crippen LogP) is 2.59. The summed E-state index contributed by atoms with van der Waals surface area (Å²) in [5.41, 5.74) is -7.51. The van der Waals surface area contributed by atoms with Crippen LogP contribution in [-0.2, 0) is 66.7 Å². The van der Waals surface area contributed by atoms with Crippen LogP contribution in [0.5, 0.6) is 0 Å². The molecule has 292 valence electrons. The van der Waals surface area contributed by atoms with Gasteiger partial charge in [-0.3, -0.25) is 28.8 Å². The summed E-state index contributed by atoms with van der Waals surface area (Å²) in [6, 6.07) is 8.90. The maximum Gasteiger partial charge on any atom is 0.331 e. The Bertz CT molecular complexity index is 1770. The highest BCUT2D eigenvalue weighted by Gasteiger charge is 2.83. The van der Waals surface area contributed by atoms with Gasteiger partial charge in [0.2, 0.25) is 0 Å². The van der Waals surface area contributed by atoms with E-state index in [-0.39, 0.29) is 25.0 Å². The lowest BCUT2D eigenvalue weighted by molar-refractivity contribution is -0.303. The standard InChI is InChI=1S/C39H46O15/c1-20-28(54-31(46)15-14-26-12-10-9-11-13-26)17-30(50-22(3)41)38(19-48-21(2)40)32(20)33(51-23(4)42)27-16-29(45)37(8)39(47,36(27,7)18-49-37)35(53-25(6)44)34(38)52-24(5)43/h9-15,27-28,30,32-35,47H,1,16-19H2,2-8H3/b15-14+/t27-,28-,30-,32-,33+,34-,35-,36-,37+,38+,39-/m0/s1. The molecule has 4 aliphatic rings. The van der Waals surface area contributed by atoms with Crippen LogP contribution in [0, 0.1) is 22.7 Å². The van der Waals surface area contributed by atoms with E-state index >= 15 is 0 Å². The molecule has 1 heterocycles. The quantitative estimate of drug-likeness (QED) is 0.167. The summed E-state index contributed by atoms with van der Waals surface area (Å²) in [5, 5.41) is 13.2. The minimum Gasteiger partial charge on any atom is -0.465 e. The SMILES string of the molecule is C=C1[C@@H](OC(=O)/C=C/c2ccccc2)C[C@H](OC(C)=O)[C@@]2(COC(C)=O)[C@@H](OC(C)=O)[C@H](OC(C)=O)[C@]3(O)[C@@]4(C)CO[C@]3(C)C(=O)C[C@H]4[C@@H](OC(C)=O)[C@H]12. The van der Waals surface area contributed by atoms with Crippen LogP contribution in [0.1, 0.15) is 66.9 Å². The van der Waals surface area contributed by atoms with Crippen LogP contribution in [-0.4, -0.2) is 102 Å². The lowest BCUT2D eigenvalue weighted by atomic mass is 9.43. The fourth-order valence-electron chi connectivity index (χ4n) is 9.26. The summed E-state index contributed by atoms with van der Waals surface area (Å²) in [7, 11) is 0. The van der Waals surface area contributed by atoms with E-state index in [1.165, 1.54) is 19.1 Å². The molecule has 0 amide bonds. The van der Waals surface area contributed by atoms with Crippen molar-refractivity contribution in [3.63, 3.8) is 0 Å². The summed E-state index contributed by atoms with van der Waals surface area (Å²) in [4.78, 5) is 92.6. The van der Waals surface area contributed by atoms with Gasteiger partial charge in [-0.05, 0) is 24.1 Å². The fourth-order valence-corrected chi connectivity index (χ4v) is 9.26. The number of esters is 6. The third-order valence-electron chi connectivity index (χ3n) is 11.6. The Labute approximate surface area is 312 Å². The van der Waals surface area contributed by atoms with E-state index in [0.717, 1.165) is 34.6 Å². The molecule has 5 rings (SSSR count). The molecule has 1 aromatic rings. The Hall–Kier alpha value is -4.89. The first-order valence-electron chi connectivity index (χ1n) is 17.6. The van der Waals surface area contributed by atoms with Crippen molar-refractivity contribution < 1.29 is 71.8 Å². The van der Waals surface area contributed by atoms with Crippen LogP contribution >= 0.6 is 0 Å². The van der Waals surface area contributed by atoms with Gasteiger partial charge in [0.25, 0.3) is 0 Å². The minimum atomic E-state index is -2.51. The summed E-state index contributed by atoms with van der Waals surface area (Å²) >= 11 is 0. The van der Waals surface area contributed by atoms with E-state index < -0.39 is 113 Å². The lowest BCUT2D eigenvalue weighted by Gasteiger charge is -2.65. The average Bonchev–Trinajstić information content (AvgIpc) is 3.22. The van der Waals surface area contributed by atoms with E-state index in [9.17, 15) is 38.7 Å². The molecule has 1 saturated heterocycles. The van der Waals surface area contributed by atoms with Crippen molar-refractivity contribution in [3.05, 3.63) is 54.1 Å². The molecule has 54 heavy (non-hydrogen) atoms. The van der Waals surface area contributed by atoms with Gasteiger partial charge in [-0.1, -0.05) is 43.8 Å². The number of benzene rings is 1. The molecule has 0 aromatic heterocycles. The number of Topliss-reactive ketones (excluding diaryl/α,β-unsaturated/α-hetero) is 1. The van der Waals surface area contributed by atoms with E-state index in [1.807, 2.05) is 6.07 Å². The molecule has 15 nitrogen and oxygen atoms in total. The topological polar surface area (TPSA) is 204 Å². The van der Waals surface area contributed by atoms with Crippen molar-refractivity contribution >= 4 is 47.7 Å². The number of hydrogen-bond donors (Lipinski definition) is 1. The summed E-state index contributed by atoms with van der Waals surface area (Å²) in [5.74, 6) is -8.51. The van der Waals surface area contributed by atoms with Crippen molar-refractivity contribution in [2.24, 2.45) is 22.7 Å². The highest BCUT2D eigenvalue weighted by Crippen LogP contribution is 2.67. The Kier molecular flexibility index (Phi) is 11.0. The zero-order chi connectivity index (χ0) is 40.0. The van der Waals surface area contributed by atoms with Crippen molar-refractivity contribution in [2.75, 3.05) is 13.2 Å². The summed E-state index contributed by atoms with van der Waals surface area (Å²) in [6.45, 7) is 11.5. The molecule has 0 unspecified atom stereocenters. The lowest BCUT2D eigenvalue weighted by Crippen LogP contribution is -2.81. The molecular formula is C39H46O15. The van der Waals surface area contributed by atoms with Gasteiger partial charge in [0.15, 0.2) is 23.6 Å². The maximum absolute atomic E-state index is 14.2. The zero-order valence-corrected chi connectivity index (χ0v) is 31.3. The molecular weight excluding hydrogens is 708 g/mol. The Morgan fingerprint density at radius 1 is 0.852 bits per heavy atom. The van der Waals surface area contributed by atoms with Crippen molar-refractivity contribution in [3.8, 4) is 0 Å².